The summed E-state index contributed by atoms with van der Waals surface area (Å²) in [5, 5.41) is 15.9. The van der Waals surface area contributed by atoms with Gasteiger partial charge in [-0.1, -0.05) is 36.4 Å². The Morgan fingerprint density at radius 2 is 1.72 bits per heavy atom. The molecule has 3 N–H and O–H groups in total. The Balaban J connectivity index is 1.01. The van der Waals surface area contributed by atoms with Gasteiger partial charge in [0.05, 0.1) is 21.6 Å². The number of benzene rings is 4. The van der Waals surface area contributed by atoms with Crippen LogP contribution in [0.1, 0.15) is 40.2 Å². The van der Waals surface area contributed by atoms with Crippen LogP contribution in [0.15, 0.2) is 114 Å². The lowest BCUT2D eigenvalue weighted by molar-refractivity contribution is -0.384. The van der Waals surface area contributed by atoms with Gasteiger partial charge in [0.1, 0.15) is 22.8 Å². The second-order valence-electron chi connectivity index (χ2n) is 15.1. The number of carbonyl (C=O) groups excluding carboxylic acids is 1. The standard InChI is InChI=1S/C44H43F2N7O7S/c45-38-10-6-31(23-39(38)46)37(30-4-2-1-3-5-30)28-51-16-18-52(19-17-51)33-7-9-36(42(24-33)60-34-22-32-12-15-47-43(32)49-27-34)44(54)50-61(57,58)35-8-11-40(41(25-35)53(55)56)48-26-29-13-20-59-21-14-29/h1-12,15,22-25,27,29,37,48H,13-14,16-21,26,28H2,(H,47,49)(H,50,54). The van der Waals surface area contributed by atoms with Gasteiger partial charge in [-0.15, -0.1) is 0 Å². The number of H-pyrrole nitrogens is 1. The number of pyridine rings is 1. The van der Waals surface area contributed by atoms with Gasteiger partial charge in [0.15, 0.2) is 11.6 Å². The van der Waals surface area contributed by atoms with Crippen molar-refractivity contribution in [3.63, 3.8) is 0 Å². The van der Waals surface area contributed by atoms with E-state index in [1.807, 2.05) is 36.4 Å². The maximum atomic E-state index is 14.4. The first-order valence-corrected chi connectivity index (χ1v) is 21.4. The zero-order valence-corrected chi connectivity index (χ0v) is 33.7. The Morgan fingerprint density at radius 1 is 0.934 bits per heavy atom. The molecule has 2 aliphatic heterocycles. The zero-order valence-electron chi connectivity index (χ0n) is 32.9. The quantitative estimate of drug-likeness (QED) is 0.0734. The number of fused-ring (bicyclic) bond motifs is 1. The van der Waals surface area contributed by atoms with E-state index in [0.29, 0.717) is 75.1 Å². The van der Waals surface area contributed by atoms with E-state index in [4.69, 9.17) is 9.47 Å². The highest BCUT2D eigenvalue weighted by Crippen LogP contribution is 2.34. The Hall–Kier alpha value is -6.43. The highest BCUT2D eigenvalue weighted by atomic mass is 32.2. The van der Waals surface area contributed by atoms with Crippen molar-refractivity contribution < 1.29 is 36.4 Å². The maximum absolute atomic E-state index is 14.4. The fourth-order valence-corrected chi connectivity index (χ4v) is 8.75. The molecule has 0 spiro atoms. The molecule has 2 aliphatic rings. The summed E-state index contributed by atoms with van der Waals surface area (Å²) in [6, 6.07) is 25.6. The Morgan fingerprint density at radius 3 is 2.48 bits per heavy atom. The van der Waals surface area contributed by atoms with Crippen LogP contribution in [0.4, 0.5) is 25.8 Å². The molecule has 2 aromatic heterocycles. The number of piperazine rings is 1. The van der Waals surface area contributed by atoms with E-state index in [-0.39, 0.29) is 28.8 Å². The fourth-order valence-electron chi connectivity index (χ4n) is 7.77. The number of amides is 1. The Labute approximate surface area is 350 Å². The average molecular weight is 852 g/mol. The van der Waals surface area contributed by atoms with Gasteiger partial charge in [-0.2, -0.15) is 0 Å². The van der Waals surface area contributed by atoms with Gasteiger partial charge in [-0.25, -0.2) is 26.9 Å². The molecular formula is C44H43F2N7O7S. The van der Waals surface area contributed by atoms with Crippen LogP contribution in [0.25, 0.3) is 11.0 Å². The van der Waals surface area contributed by atoms with Crippen LogP contribution >= 0.6 is 0 Å². The van der Waals surface area contributed by atoms with E-state index in [1.165, 1.54) is 30.5 Å². The van der Waals surface area contributed by atoms with Gasteiger partial charge < -0.3 is 24.7 Å². The van der Waals surface area contributed by atoms with Crippen molar-refractivity contribution in [2.45, 2.75) is 23.7 Å². The number of nitrogens with zero attached hydrogens (tertiary/aromatic N) is 4. The number of nitro groups is 1. The van der Waals surface area contributed by atoms with E-state index in [0.717, 1.165) is 35.9 Å². The molecule has 61 heavy (non-hydrogen) atoms. The lowest BCUT2D eigenvalue weighted by Crippen LogP contribution is -2.47. The molecule has 0 radical (unpaired) electrons. The van der Waals surface area contributed by atoms with Crippen LogP contribution < -0.4 is 19.7 Å². The summed E-state index contributed by atoms with van der Waals surface area (Å²) < 4.78 is 69.2. The number of halogens is 2. The third-order valence-corrected chi connectivity index (χ3v) is 12.5. The smallest absolute Gasteiger partial charge is 0.293 e. The van der Waals surface area contributed by atoms with Gasteiger partial charge in [0.25, 0.3) is 21.6 Å². The summed E-state index contributed by atoms with van der Waals surface area (Å²) in [7, 11) is -4.59. The number of sulfonamides is 1. The molecule has 0 bridgehead atoms. The lowest BCUT2D eigenvalue weighted by atomic mass is 9.90. The molecular weight excluding hydrogens is 809 g/mol. The van der Waals surface area contributed by atoms with E-state index in [2.05, 4.69) is 29.8 Å². The normalized spacial score (nSPS) is 15.7. The maximum Gasteiger partial charge on any atom is 0.293 e. The number of nitrogens with one attached hydrogen (secondary N) is 3. The predicted octanol–water partition coefficient (Wildman–Crippen LogP) is 7.45. The third kappa shape index (κ3) is 9.64. The molecule has 17 heteroatoms. The first-order chi connectivity index (χ1) is 29.5. The molecule has 316 valence electrons. The molecule has 4 aromatic carbocycles. The van der Waals surface area contributed by atoms with Crippen molar-refractivity contribution in [3.8, 4) is 11.5 Å². The fraction of sp³-hybridized carbons (Fsp3) is 0.273. The molecule has 4 heterocycles. The topological polar surface area (TPSA) is 172 Å². The van der Waals surface area contributed by atoms with Crippen LogP contribution in [-0.2, 0) is 14.8 Å². The van der Waals surface area contributed by atoms with E-state index < -0.39 is 43.1 Å². The lowest BCUT2D eigenvalue weighted by Gasteiger charge is -2.38. The van der Waals surface area contributed by atoms with Crippen molar-refractivity contribution in [2.24, 2.45) is 5.92 Å². The SMILES string of the molecule is O=C(NS(=O)(=O)c1ccc(NCC2CCOCC2)c([N+](=O)[O-])c1)c1ccc(N2CCN(CC(c3ccccc3)c3ccc(F)c(F)c3)CC2)cc1Oc1cnc2[nH]ccc2c1. The molecule has 0 saturated carbocycles. The first kappa shape index (κ1) is 41.3. The van der Waals surface area contributed by atoms with Crippen molar-refractivity contribution in [1.29, 1.82) is 0 Å². The van der Waals surface area contributed by atoms with Gasteiger partial charge in [-0.3, -0.25) is 19.8 Å². The van der Waals surface area contributed by atoms with Crippen LogP contribution in [0.3, 0.4) is 0 Å². The summed E-state index contributed by atoms with van der Waals surface area (Å²) in [5.74, 6) is -2.39. The molecule has 2 fully saturated rings. The summed E-state index contributed by atoms with van der Waals surface area (Å²) >= 11 is 0. The minimum Gasteiger partial charge on any atom is -0.455 e. The molecule has 8 rings (SSSR count). The molecule has 1 amide bonds. The van der Waals surface area contributed by atoms with Gasteiger partial charge in [0, 0.05) is 87.8 Å². The molecule has 0 aliphatic carbocycles. The second kappa shape index (κ2) is 18.0. The average Bonchev–Trinajstić information content (AvgIpc) is 3.74. The van der Waals surface area contributed by atoms with Gasteiger partial charge >= 0.3 is 0 Å². The van der Waals surface area contributed by atoms with Crippen LogP contribution in [0.5, 0.6) is 11.5 Å². The van der Waals surface area contributed by atoms with Crippen LogP contribution in [0, 0.1) is 27.7 Å². The molecule has 1 atom stereocenters. The number of ether oxygens (including phenoxy) is 2. The number of hydrogen-bond donors (Lipinski definition) is 3. The number of rotatable bonds is 14. The van der Waals surface area contributed by atoms with E-state index >= 15 is 0 Å². The largest absolute Gasteiger partial charge is 0.455 e. The monoisotopic (exact) mass is 851 g/mol. The molecule has 14 nitrogen and oxygen atoms in total. The molecule has 6 aromatic rings. The first-order valence-electron chi connectivity index (χ1n) is 19.9. The highest BCUT2D eigenvalue weighted by Gasteiger charge is 2.28. The number of anilines is 2. The number of nitro benzene ring substituents is 1. The van der Waals surface area contributed by atoms with Crippen LogP contribution in [0.2, 0.25) is 0 Å². The summed E-state index contributed by atoms with van der Waals surface area (Å²) in [6.07, 6.45) is 4.82. The van der Waals surface area contributed by atoms with Crippen molar-refractivity contribution >= 4 is 44.0 Å². The van der Waals surface area contributed by atoms with Crippen LogP contribution in [-0.4, -0.2) is 86.6 Å². The summed E-state index contributed by atoms with van der Waals surface area (Å²) in [6.45, 7) is 4.67. The number of aromatic nitrogens is 2. The van der Waals surface area contributed by atoms with Crippen molar-refractivity contribution in [2.75, 3.05) is 62.7 Å². The molecule has 1 unspecified atom stereocenters. The minimum absolute atomic E-state index is 0.0606. The van der Waals surface area contributed by atoms with Gasteiger partial charge in [0.2, 0.25) is 0 Å². The summed E-state index contributed by atoms with van der Waals surface area (Å²) in [5.41, 5.74) is 2.62. The zero-order chi connectivity index (χ0) is 42.5. The van der Waals surface area contributed by atoms with E-state index in [9.17, 15) is 32.1 Å². The second-order valence-corrected chi connectivity index (χ2v) is 16.8. The minimum atomic E-state index is -4.59. The summed E-state index contributed by atoms with van der Waals surface area (Å²) in [4.78, 5) is 36.6. The van der Waals surface area contributed by atoms with Crippen molar-refractivity contribution in [3.05, 3.63) is 148 Å². The Bertz CT molecular complexity index is 2650. The molecule has 2 saturated heterocycles. The number of carbonyl (C=O) groups is 1. The van der Waals surface area contributed by atoms with E-state index in [1.54, 1.807) is 30.5 Å². The van der Waals surface area contributed by atoms with Crippen molar-refractivity contribution in [1.82, 2.24) is 19.6 Å². The number of hydrogen-bond acceptors (Lipinski definition) is 11. The van der Waals surface area contributed by atoms with Gasteiger partial charge in [-0.05, 0) is 78.4 Å². The third-order valence-electron chi connectivity index (χ3n) is 11.2. The Kier molecular flexibility index (Phi) is 12.2. The predicted molar refractivity (Wildman–Crippen MR) is 226 cm³/mol. The number of aromatic amines is 1. The highest BCUT2D eigenvalue weighted by molar-refractivity contribution is 7.90.